The average molecular weight is 367 g/mol. The molecule has 0 saturated carbocycles. The summed E-state index contributed by atoms with van der Waals surface area (Å²) in [6, 6.07) is 14.2. The summed E-state index contributed by atoms with van der Waals surface area (Å²) in [7, 11) is 3.17. The predicted octanol–water partition coefficient (Wildman–Crippen LogP) is 1.95. The molecule has 0 bridgehead atoms. The molecule has 0 saturated heterocycles. The summed E-state index contributed by atoms with van der Waals surface area (Å²) in [4.78, 5) is 27.2. The zero-order valence-corrected chi connectivity index (χ0v) is 15.1. The van der Waals surface area contributed by atoms with Crippen LogP contribution in [0.2, 0.25) is 0 Å². The Kier molecular flexibility index (Phi) is 5.34. The van der Waals surface area contributed by atoms with Crippen LogP contribution in [0, 0.1) is 0 Å². The van der Waals surface area contributed by atoms with Crippen LogP contribution in [0.5, 0.6) is 11.5 Å². The number of methoxy groups -OCH3 is 2. The zero-order chi connectivity index (χ0) is 18.5. The second-order valence-corrected chi connectivity index (χ2v) is 6.52. The van der Waals surface area contributed by atoms with Gasteiger partial charge in [0.25, 0.3) is 5.56 Å². The van der Waals surface area contributed by atoms with E-state index in [1.807, 2.05) is 24.3 Å². The number of Topliss-reactive ketones (excluding diaryl/α,β-unsaturated/α-hetero) is 1. The lowest BCUT2D eigenvalue weighted by Crippen LogP contribution is -2.19. The predicted molar refractivity (Wildman–Crippen MR) is 103 cm³/mol. The van der Waals surface area contributed by atoms with Gasteiger partial charge in [-0.05, 0) is 48.0 Å². The number of aromatic amines is 1. The van der Waals surface area contributed by atoms with Crippen molar-refractivity contribution in [3.05, 3.63) is 79.2 Å². The average Bonchev–Trinajstić information content (AvgIpc) is 3.01. The number of rotatable bonds is 5. The van der Waals surface area contributed by atoms with Gasteiger partial charge in [-0.25, -0.2) is 0 Å². The van der Waals surface area contributed by atoms with Crippen LogP contribution in [0.4, 0.5) is 0 Å². The number of H-pyrrole nitrogens is 1. The highest BCUT2D eigenvalue weighted by atomic mass is 32.1. The number of benzene rings is 2. The molecule has 3 rings (SSSR count). The van der Waals surface area contributed by atoms with Gasteiger partial charge in [0.2, 0.25) is 0 Å². The maximum atomic E-state index is 12.3. The molecule has 0 amide bonds. The Morgan fingerprint density at radius 3 is 2.12 bits per heavy atom. The van der Waals surface area contributed by atoms with Crippen molar-refractivity contribution in [2.75, 3.05) is 14.2 Å². The monoisotopic (exact) mass is 367 g/mol. The molecule has 0 atom stereocenters. The van der Waals surface area contributed by atoms with E-state index < -0.39 is 0 Å². The standard InChI is InChI=1S/C20H17NO4S/c1-24-15-7-3-13(4-8-15)11-18-20(23)21-19(26-18)12-17(22)14-5-9-16(25-2)10-6-14/h3-12H,1-2H3,(H,21,23). The molecule has 0 radical (unpaired) electrons. The fourth-order valence-electron chi connectivity index (χ4n) is 2.33. The first-order valence-electron chi connectivity index (χ1n) is 7.84. The third kappa shape index (κ3) is 4.10. The second-order valence-electron chi connectivity index (χ2n) is 5.44. The molecule has 1 heterocycles. The van der Waals surface area contributed by atoms with Crippen molar-refractivity contribution in [1.29, 1.82) is 0 Å². The van der Waals surface area contributed by atoms with Crippen molar-refractivity contribution in [3.8, 4) is 11.5 Å². The lowest BCUT2D eigenvalue weighted by molar-refractivity contribution is 0.106. The summed E-state index contributed by atoms with van der Waals surface area (Å²) in [6.07, 6.45) is 3.21. The van der Waals surface area contributed by atoms with Crippen molar-refractivity contribution in [2.24, 2.45) is 0 Å². The molecular weight excluding hydrogens is 350 g/mol. The van der Waals surface area contributed by atoms with Crippen LogP contribution >= 0.6 is 11.3 Å². The molecule has 0 fully saturated rings. The molecule has 0 spiro atoms. The van der Waals surface area contributed by atoms with Crippen molar-refractivity contribution in [2.45, 2.75) is 0 Å². The SMILES string of the molecule is COc1ccc(C=c2sc(=CC(=O)c3ccc(OC)cc3)[nH]c2=O)cc1. The van der Waals surface area contributed by atoms with Gasteiger partial charge < -0.3 is 14.5 Å². The van der Waals surface area contributed by atoms with E-state index in [0.717, 1.165) is 11.3 Å². The van der Waals surface area contributed by atoms with Gasteiger partial charge in [0.15, 0.2) is 5.78 Å². The van der Waals surface area contributed by atoms with Gasteiger partial charge in [0.1, 0.15) is 11.5 Å². The molecule has 1 aromatic heterocycles. The molecule has 6 heteroatoms. The normalized spacial score (nSPS) is 12.2. The summed E-state index contributed by atoms with van der Waals surface area (Å²) in [5, 5.41) is 0. The number of ketones is 1. The third-order valence-electron chi connectivity index (χ3n) is 3.73. The third-order valence-corrected chi connectivity index (χ3v) is 4.69. The van der Waals surface area contributed by atoms with Gasteiger partial charge in [0, 0.05) is 11.6 Å². The van der Waals surface area contributed by atoms with Gasteiger partial charge in [0.05, 0.1) is 23.4 Å². The number of carbonyl (C=O) groups excluding carboxylic acids is 1. The largest absolute Gasteiger partial charge is 0.497 e. The summed E-state index contributed by atoms with van der Waals surface area (Å²) in [5.41, 5.74) is 1.19. The van der Waals surface area contributed by atoms with E-state index in [0.29, 0.717) is 20.5 Å². The number of hydrogen-bond acceptors (Lipinski definition) is 5. The fraction of sp³-hybridized carbons (Fsp3) is 0.100. The Morgan fingerprint density at radius 1 is 0.962 bits per heavy atom. The maximum absolute atomic E-state index is 12.3. The summed E-state index contributed by atoms with van der Waals surface area (Å²) in [6.45, 7) is 0. The smallest absolute Gasteiger partial charge is 0.266 e. The number of thiazole rings is 1. The second kappa shape index (κ2) is 7.84. The number of aromatic nitrogens is 1. The molecule has 0 aliphatic carbocycles. The number of hydrogen-bond donors (Lipinski definition) is 1. The van der Waals surface area contributed by atoms with Crippen LogP contribution in [-0.2, 0) is 0 Å². The fourth-order valence-corrected chi connectivity index (χ4v) is 3.22. The van der Waals surface area contributed by atoms with E-state index in [-0.39, 0.29) is 11.3 Å². The minimum absolute atomic E-state index is 0.179. The lowest BCUT2D eigenvalue weighted by Gasteiger charge is -1.99. The summed E-state index contributed by atoms with van der Waals surface area (Å²) >= 11 is 1.24. The molecule has 0 unspecified atom stereocenters. The molecule has 1 N–H and O–H groups in total. The van der Waals surface area contributed by atoms with Gasteiger partial charge in [-0.1, -0.05) is 12.1 Å². The van der Waals surface area contributed by atoms with E-state index in [4.69, 9.17) is 9.47 Å². The summed E-state index contributed by atoms with van der Waals surface area (Å²) < 4.78 is 11.2. The molecular formula is C20H17NO4S. The van der Waals surface area contributed by atoms with Gasteiger partial charge in [-0.2, -0.15) is 0 Å². The molecule has 2 aromatic carbocycles. The maximum Gasteiger partial charge on any atom is 0.266 e. The first-order valence-corrected chi connectivity index (χ1v) is 8.66. The highest BCUT2D eigenvalue weighted by Crippen LogP contribution is 2.12. The minimum Gasteiger partial charge on any atom is -0.497 e. The Labute approximate surface area is 153 Å². The van der Waals surface area contributed by atoms with Crippen LogP contribution in [0.25, 0.3) is 12.2 Å². The Hall–Kier alpha value is -3.12. The van der Waals surface area contributed by atoms with Crippen molar-refractivity contribution in [3.63, 3.8) is 0 Å². The topological polar surface area (TPSA) is 68.4 Å². The minimum atomic E-state index is -0.223. The highest BCUT2D eigenvalue weighted by molar-refractivity contribution is 7.07. The van der Waals surface area contributed by atoms with Crippen LogP contribution in [0.15, 0.2) is 53.3 Å². The Balaban J connectivity index is 1.90. The van der Waals surface area contributed by atoms with E-state index in [2.05, 4.69) is 4.98 Å². The van der Waals surface area contributed by atoms with E-state index in [1.54, 1.807) is 44.6 Å². The van der Waals surface area contributed by atoms with Crippen LogP contribution in [0.3, 0.4) is 0 Å². The lowest BCUT2D eigenvalue weighted by atomic mass is 10.1. The van der Waals surface area contributed by atoms with Crippen LogP contribution < -0.4 is 24.2 Å². The van der Waals surface area contributed by atoms with Crippen LogP contribution in [0.1, 0.15) is 15.9 Å². The van der Waals surface area contributed by atoms with Crippen molar-refractivity contribution >= 4 is 29.3 Å². The zero-order valence-electron chi connectivity index (χ0n) is 14.3. The first kappa shape index (κ1) is 17.7. The first-order chi connectivity index (χ1) is 12.6. The summed E-state index contributed by atoms with van der Waals surface area (Å²) in [5.74, 6) is 1.25. The molecule has 132 valence electrons. The van der Waals surface area contributed by atoms with Crippen LogP contribution in [-0.4, -0.2) is 25.0 Å². The van der Waals surface area contributed by atoms with Gasteiger partial charge >= 0.3 is 0 Å². The Morgan fingerprint density at radius 2 is 1.54 bits per heavy atom. The quantitative estimate of drug-likeness (QED) is 0.700. The molecule has 0 aliphatic rings. The Bertz CT molecular complexity index is 1080. The highest BCUT2D eigenvalue weighted by Gasteiger charge is 2.04. The molecule has 0 aliphatic heterocycles. The number of carbonyl (C=O) groups is 1. The van der Waals surface area contributed by atoms with E-state index in [9.17, 15) is 9.59 Å². The molecule has 5 nitrogen and oxygen atoms in total. The van der Waals surface area contributed by atoms with E-state index >= 15 is 0 Å². The van der Waals surface area contributed by atoms with Gasteiger partial charge in [-0.3, -0.25) is 9.59 Å². The van der Waals surface area contributed by atoms with Crippen molar-refractivity contribution < 1.29 is 14.3 Å². The number of nitrogens with one attached hydrogen (secondary N) is 1. The molecule has 3 aromatic rings. The van der Waals surface area contributed by atoms with Gasteiger partial charge in [-0.15, -0.1) is 11.3 Å². The molecule has 26 heavy (non-hydrogen) atoms. The number of ether oxygens (including phenoxy) is 2. The van der Waals surface area contributed by atoms with E-state index in [1.165, 1.54) is 17.4 Å². The van der Waals surface area contributed by atoms with Crippen molar-refractivity contribution in [1.82, 2.24) is 4.98 Å².